The highest BCUT2D eigenvalue weighted by molar-refractivity contribution is 5.82. The van der Waals surface area contributed by atoms with Crippen LogP contribution in [0.1, 0.15) is 11.3 Å². The zero-order valence-corrected chi connectivity index (χ0v) is 10.9. The maximum atomic E-state index is 12.8. The van der Waals surface area contributed by atoms with Crippen LogP contribution in [0.3, 0.4) is 0 Å². The summed E-state index contributed by atoms with van der Waals surface area (Å²) in [6.45, 7) is 1.84. The van der Waals surface area contributed by atoms with Crippen LogP contribution in [0, 0.1) is 6.92 Å². The van der Waals surface area contributed by atoms with E-state index in [1.165, 1.54) is 6.07 Å². The van der Waals surface area contributed by atoms with Gasteiger partial charge in [-0.1, -0.05) is 6.07 Å². The first-order valence-electron chi connectivity index (χ1n) is 6.05. The molecule has 104 valence electrons. The van der Waals surface area contributed by atoms with E-state index in [1.807, 2.05) is 13.0 Å². The van der Waals surface area contributed by atoms with Crippen molar-refractivity contribution in [3.63, 3.8) is 0 Å². The Hall–Kier alpha value is -2.24. The van der Waals surface area contributed by atoms with Crippen LogP contribution in [-0.2, 0) is 13.2 Å². The van der Waals surface area contributed by atoms with Crippen LogP contribution in [0.4, 0.5) is 13.2 Å². The molecule has 3 aromatic rings. The summed E-state index contributed by atoms with van der Waals surface area (Å²) in [4.78, 5) is 0. The standard InChI is InChI=1S/C14H12F3N3/c1-9-7-13(19(2)18-9)20-6-5-10-3-4-11(8-12(10)20)14(15,16)17/h3-8H,1-2H3. The third-order valence-corrected chi connectivity index (χ3v) is 3.24. The highest BCUT2D eigenvalue weighted by Crippen LogP contribution is 2.32. The molecule has 3 nitrogen and oxygen atoms in total. The van der Waals surface area contributed by atoms with Gasteiger partial charge in [0.2, 0.25) is 0 Å². The molecule has 0 N–H and O–H groups in total. The summed E-state index contributed by atoms with van der Waals surface area (Å²) in [6, 6.07) is 7.37. The Balaban J connectivity index is 2.24. The van der Waals surface area contributed by atoms with E-state index in [9.17, 15) is 13.2 Å². The molecule has 0 saturated heterocycles. The van der Waals surface area contributed by atoms with E-state index in [0.717, 1.165) is 29.0 Å². The summed E-state index contributed by atoms with van der Waals surface area (Å²) in [5.41, 5.74) is 0.683. The van der Waals surface area contributed by atoms with E-state index >= 15 is 0 Å². The molecule has 20 heavy (non-hydrogen) atoms. The molecule has 0 fully saturated rings. The lowest BCUT2D eigenvalue weighted by Crippen LogP contribution is -2.06. The number of aryl methyl sites for hydroxylation is 2. The van der Waals surface area contributed by atoms with Gasteiger partial charge in [-0.3, -0.25) is 4.68 Å². The Bertz CT molecular complexity index is 781. The number of benzene rings is 1. The van der Waals surface area contributed by atoms with Gasteiger partial charge < -0.3 is 4.57 Å². The average Bonchev–Trinajstić information content (AvgIpc) is 2.90. The largest absolute Gasteiger partial charge is 0.416 e. The Morgan fingerprint density at radius 2 is 1.85 bits per heavy atom. The van der Waals surface area contributed by atoms with Gasteiger partial charge in [0.15, 0.2) is 0 Å². The predicted octanol–water partition coefficient (Wildman–Crippen LogP) is 3.69. The van der Waals surface area contributed by atoms with Gasteiger partial charge in [-0.15, -0.1) is 0 Å². The van der Waals surface area contributed by atoms with E-state index in [4.69, 9.17) is 0 Å². The number of nitrogens with zero attached hydrogens (tertiary/aromatic N) is 3. The van der Waals surface area contributed by atoms with Crippen molar-refractivity contribution in [2.24, 2.45) is 7.05 Å². The SMILES string of the molecule is Cc1cc(-n2ccc3ccc(C(F)(F)F)cc32)n(C)n1. The van der Waals surface area contributed by atoms with E-state index in [0.29, 0.717) is 5.52 Å². The highest BCUT2D eigenvalue weighted by atomic mass is 19.4. The minimum absolute atomic E-state index is 0.517. The molecule has 6 heteroatoms. The van der Waals surface area contributed by atoms with E-state index in [1.54, 1.807) is 28.6 Å². The number of fused-ring (bicyclic) bond motifs is 1. The number of hydrogen-bond donors (Lipinski definition) is 0. The first kappa shape index (κ1) is 12.8. The van der Waals surface area contributed by atoms with Crippen molar-refractivity contribution in [3.05, 3.63) is 47.8 Å². The maximum Gasteiger partial charge on any atom is 0.416 e. The summed E-state index contributed by atoms with van der Waals surface area (Å²) in [7, 11) is 1.77. The molecule has 0 saturated carbocycles. The van der Waals surface area contributed by atoms with Gasteiger partial charge in [0.1, 0.15) is 5.82 Å². The van der Waals surface area contributed by atoms with Crippen molar-refractivity contribution in [2.75, 3.05) is 0 Å². The number of hydrogen-bond acceptors (Lipinski definition) is 1. The molecule has 0 atom stereocenters. The summed E-state index contributed by atoms with van der Waals surface area (Å²) >= 11 is 0. The fourth-order valence-corrected chi connectivity index (χ4v) is 2.33. The van der Waals surface area contributed by atoms with Gasteiger partial charge in [-0.25, -0.2) is 0 Å². The van der Waals surface area contributed by atoms with Crippen molar-refractivity contribution in [1.29, 1.82) is 0 Å². The first-order chi connectivity index (χ1) is 9.36. The van der Waals surface area contributed by atoms with Gasteiger partial charge in [-0.2, -0.15) is 18.3 Å². The first-order valence-corrected chi connectivity index (χ1v) is 6.05. The normalized spacial score (nSPS) is 12.2. The van der Waals surface area contributed by atoms with Gasteiger partial charge >= 0.3 is 6.18 Å². The van der Waals surface area contributed by atoms with Gasteiger partial charge in [0, 0.05) is 24.7 Å². The Morgan fingerprint density at radius 3 is 2.45 bits per heavy atom. The molecule has 3 rings (SSSR count). The Morgan fingerprint density at radius 1 is 1.10 bits per heavy atom. The third kappa shape index (κ3) is 1.97. The van der Waals surface area contributed by atoms with E-state index < -0.39 is 11.7 Å². The monoisotopic (exact) mass is 279 g/mol. The predicted molar refractivity (Wildman–Crippen MR) is 69.8 cm³/mol. The van der Waals surface area contributed by atoms with Crippen LogP contribution in [0.5, 0.6) is 0 Å². The topological polar surface area (TPSA) is 22.8 Å². The van der Waals surface area contributed by atoms with Crippen molar-refractivity contribution in [2.45, 2.75) is 13.1 Å². The molecule has 0 spiro atoms. The zero-order valence-electron chi connectivity index (χ0n) is 10.9. The van der Waals surface area contributed by atoms with Crippen molar-refractivity contribution in [1.82, 2.24) is 14.3 Å². The number of alkyl halides is 3. The summed E-state index contributed by atoms with van der Waals surface area (Å²) < 4.78 is 41.8. The fraction of sp³-hybridized carbons (Fsp3) is 0.214. The fourth-order valence-electron chi connectivity index (χ4n) is 2.33. The molecule has 0 radical (unpaired) electrons. The minimum Gasteiger partial charge on any atom is -0.301 e. The van der Waals surface area contributed by atoms with Gasteiger partial charge in [-0.05, 0) is 25.1 Å². The van der Waals surface area contributed by atoms with E-state index in [2.05, 4.69) is 5.10 Å². The van der Waals surface area contributed by atoms with Crippen LogP contribution >= 0.6 is 0 Å². The molecule has 0 aliphatic rings. The minimum atomic E-state index is -4.34. The highest BCUT2D eigenvalue weighted by Gasteiger charge is 2.30. The summed E-state index contributed by atoms with van der Waals surface area (Å²) in [6.07, 6.45) is -2.59. The van der Waals surface area contributed by atoms with Crippen molar-refractivity contribution in [3.8, 4) is 5.82 Å². The van der Waals surface area contributed by atoms with Crippen LogP contribution in [0.25, 0.3) is 16.7 Å². The molecule has 1 aromatic carbocycles. The van der Waals surface area contributed by atoms with Crippen molar-refractivity contribution < 1.29 is 13.2 Å². The molecule has 2 heterocycles. The molecule has 0 unspecified atom stereocenters. The molecule has 0 aliphatic heterocycles. The molecule has 0 amide bonds. The van der Waals surface area contributed by atoms with Crippen LogP contribution in [0.2, 0.25) is 0 Å². The van der Waals surface area contributed by atoms with E-state index in [-0.39, 0.29) is 0 Å². The number of rotatable bonds is 1. The Labute approximate surface area is 113 Å². The number of aromatic nitrogens is 3. The molecular formula is C14H12F3N3. The molecule has 0 bridgehead atoms. The second kappa shape index (κ2) is 4.13. The quantitative estimate of drug-likeness (QED) is 0.666. The summed E-state index contributed by atoms with van der Waals surface area (Å²) in [5, 5.41) is 4.98. The van der Waals surface area contributed by atoms with Crippen molar-refractivity contribution >= 4 is 10.9 Å². The second-order valence-electron chi connectivity index (χ2n) is 4.72. The third-order valence-electron chi connectivity index (χ3n) is 3.24. The zero-order chi connectivity index (χ0) is 14.5. The Kier molecular flexibility index (Phi) is 2.64. The molecule has 0 aliphatic carbocycles. The second-order valence-corrected chi connectivity index (χ2v) is 4.72. The van der Waals surface area contributed by atoms with Crippen LogP contribution < -0.4 is 0 Å². The number of halogens is 3. The van der Waals surface area contributed by atoms with Crippen LogP contribution in [-0.4, -0.2) is 14.3 Å². The molecular weight excluding hydrogens is 267 g/mol. The lowest BCUT2D eigenvalue weighted by molar-refractivity contribution is -0.137. The maximum absolute atomic E-state index is 12.8. The van der Waals surface area contributed by atoms with Gasteiger partial charge in [0.25, 0.3) is 0 Å². The smallest absolute Gasteiger partial charge is 0.301 e. The lowest BCUT2D eigenvalue weighted by Gasteiger charge is -2.09. The average molecular weight is 279 g/mol. The summed E-state index contributed by atoms with van der Waals surface area (Å²) in [5.74, 6) is 0.733. The van der Waals surface area contributed by atoms with Crippen LogP contribution in [0.15, 0.2) is 36.5 Å². The van der Waals surface area contributed by atoms with Gasteiger partial charge in [0.05, 0.1) is 16.8 Å². The molecule has 2 aromatic heterocycles. The lowest BCUT2D eigenvalue weighted by atomic mass is 10.1.